The molecule has 0 aliphatic carbocycles. The molecule has 3 aromatic rings. The summed E-state index contributed by atoms with van der Waals surface area (Å²) in [6.07, 6.45) is 0. The van der Waals surface area contributed by atoms with Crippen LogP contribution in [-0.2, 0) is 12.6 Å². The molecule has 0 bridgehead atoms. The number of nitrogens with zero attached hydrogens (tertiary/aromatic N) is 2. The molecule has 5 nitrogen and oxygen atoms in total. The molecule has 0 radical (unpaired) electrons. The van der Waals surface area contributed by atoms with Crippen molar-refractivity contribution < 1.29 is 4.79 Å². The van der Waals surface area contributed by atoms with E-state index in [1.54, 1.807) is 31.3 Å². The number of amides is 1. The second-order valence-corrected chi connectivity index (χ2v) is 6.27. The van der Waals surface area contributed by atoms with Crippen molar-refractivity contribution in [2.45, 2.75) is 19.4 Å². The van der Waals surface area contributed by atoms with Crippen molar-refractivity contribution in [2.24, 2.45) is 7.05 Å². The smallest absolute Gasteiger partial charge is 0.274 e. The average Bonchev–Trinajstić information content (AvgIpc) is 2.58. The Bertz CT molecular complexity index is 959. The third-order valence-electron chi connectivity index (χ3n) is 4.09. The fraction of sp³-hybridized carbons (Fsp3) is 0.211. The van der Waals surface area contributed by atoms with Gasteiger partial charge in [0.2, 0.25) is 0 Å². The Morgan fingerprint density at radius 2 is 1.58 bits per heavy atom. The molecule has 0 saturated carbocycles. The first-order valence-electron chi connectivity index (χ1n) is 7.74. The first-order valence-corrected chi connectivity index (χ1v) is 7.74. The molecule has 0 spiro atoms. The lowest BCUT2D eigenvalue weighted by Gasteiger charge is -2.27. The van der Waals surface area contributed by atoms with Gasteiger partial charge in [0.25, 0.3) is 11.5 Å². The van der Waals surface area contributed by atoms with E-state index < -0.39 is 5.54 Å². The Balaban J connectivity index is 2.04. The molecular weight excluding hydrogens is 302 g/mol. The monoisotopic (exact) mass is 321 g/mol. The van der Waals surface area contributed by atoms with Gasteiger partial charge in [0.15, 0.2) is 5.69 Å². The van der Waals surface area contributed by atoms with E-state index in [2.05, 4.69) is 10.4 Å². The molecule has 1 aromatic heterocycles. The van der Waals surface area contributed by atoms with Gasteiger partial charge in [-0.05, 0) is 25.5 Å². The van der Waals surface area contributed by atoms with Crippen LogP contribution in [0.5, 0.6) is 0 Å². The van der Waals surface area contributed by atoms with Crippen LogP contribution in [0.4, 0.5) is 0 Å². The van der Waals surface area contributed by atoms with Crippen LogP contribution in [0.1, 0.15) is 29.9 Å². The molecule has 0 aliphatic heterocycles. The van der Waals surface area contributed by atoms with Crippen LogP contribution in [-0.4, -0.2) is 15.7 Å². The molecule has 1 N–H and O–H groups in total. The maximum absolute atomic E-state index is 12.8. The maximum Gasteiger partial charge on any atom is 0.274 e. The first-order chi connectivity index (χ1) is 11.4. The maximum atomic E-state index is 12.8. The molecule has 0 fully saturated rings. The van der Waals surface area contributed by atoms with Gasteiger partial charge >= 0.3 is 0 Å². The summed E-state index contributed by atoms with van der Waals surface area (Å²) in [4.78, 5) is 25.0. The van der Waals surface area contributed by atoms with Crippen LogP contribution in [0, 0.1) is 0 Å². The molecule has 0 unspecified atom stereocenters. The van der Waals surface area contributed by atoms with Crippen molar-refractivity contribution in [1.29, 1.82) is 0 Å². The van der Waals surface area contributed by atoms with Crippen LogP contribution in [0.2, 0.25) is 0 Å². The summed E-state index contributed by atoms with van der Waals surface area (Å²) in [5.74, 6) is -0.310. The highest BCUT2D eigenvalue weighted by Gasteiger charge is 2.25. The minimum absolute atomic E-state index is 0.218. The average molecular weight is 321 g/mol. The van der Waals surface area contributed by atoms with Gasteiger partial charge in [0.1, 0.15) is 0 Å². The zero-order valence-electron chi connectivity index (χ0n) is 13.9. The SMILES string of the molecule is Cn1nc(C(=O)NC(C)(C)c2ccccc2)c2ccccc2c1=O. The van der Waals surface area contributed by atoms with Gasteiger partial charge in [0, 0.05) is 12.4 Å². The Morgan fingerprint density at radius 3 is 2.25 bits per heavy atom. The number of hydrogen-bond acceptors (Lipinski definition) is 3. The molecule has 3 rings (SSSR count). The van der Waals surface area contributed by atoms with E-state index in [4.69, 9.17) is 0 Å². The standard InChI is InChI=1S/C19H19N3O2/c1-19(2,13-9-5-4-6-10-13)20-17(23)16-14-11-7-8-12-15(14)18(24)22(3)21-16/h4-12H,1-3H3,(H,20,23). The molecule has 24 heavy (non-hydrogen) atoms. The molecule has 0 saturated heterocycles. The number of aryl methyl sites for hydroxylation is 1. The minimum atomic E-state index is -0.560. The van der Waals surface area contributed by atoms with Gasteiger partial charge in [-0.1, -0.05) is 48.5 Å². The number of carbonyl (C=O) groups excluding carboxylic acids is 1. The zero-order chi connectivity index (χ0) is 17.3. The highest BCUT2D eigenvalue weighted by atomic mass is 16.2. The van der Waals surface area contributed by atoms with E-state index in [9.17, 15) is 9.59 Å². The van der Waals surface area contributed by atoms with Crippen molar-refractivity contribution in [1.82, 2.24) is 15.1 Å². The lowest BCUT2D eigenvalue weighted by molar-refractivity contribution is 0.0906. The fourth-order valence-corrected chi connectivity index (χ4v) is 2.74. The van der Waals surface area contributed by atoms with Crippen LogP contribution in [0.25, 0.3) is 10.8 Å². The summed E-state index contributed by atoms with van der Waals surface area (Å²) in [6, 6.07) is 16.8. The van der Waals surface area contributed by atoms with Gasteiger partial charge in [-0.2, -0.15) is 5.10 Å². The summed E-state index contributed by atoms with van der Waals surface area (Å²) < 4.78 is 1.20. The minimum Gasteiger partial charge on any atom is -0.342 e. The van der Waals surface area contributed by atoms with Gasteiger partial charge in [-0.25, -0.2) is 4.68 Å². The molecule has 1 heterocycles. The molecule has 122 valence electrons. The first kappa shape index (κ1) is 15.9. The summed E-state index contributed by atoms with van der Waals surface area (Å²) >= 11 is 0. The van der Waals surface area contributed by atoms with Crippen molar-refractivity contribution >= 4 is 16.7 Å². The van der Waals surface area contributed by atoms with Crippen LogP contribution in [0.3, 0.4) is 0 Å². The third kappa shape index (κ3) is 2.80. The summed E-state index contributed by atoms with van der Waals surface area (Å²) in [7, 11) is 1.55. The predicted octanol–water partition coefficient (Wildman–Crippen LogP) is 2.60. The Kier molecular flexibility index (Phi) is 3.93. The number of benzene rings is 2. The van der Waals surface area contributed by atoms with Crippen molar-refractivity contribution in [3.8, 4) is 0 Å². The normalized spacial score (nSPS) is 11.5. The predicted molar refractivity (Wildman–Crippen MR) is 93.9 cm³/mol. The largest absolute Gasteiger partial charge is 0.342 e. The van der Waals surface area contributed by atoms with Gasteiger partial charge in [-0.3, -0.25) is 9.59 Å². The van der Waals surface area contributed by atoms with Crippen LogP contribution >= 0.6 is 0 Å². The van der Waals surface area contributed by atoms with Crippen LogP contribution < -0.4 is 10.9 Å². The lowest BCUT2D eigenvalue weighted by atomic mass is 9.94. The van der Waals surface area contributed by atoms with Gasteiger partial charge in [0.05, 0.1) is 10.9 Å². The van der Waals surface area contributed by atoms with E-state index in [-0.39, 0.29) is 17.2 Å². The van der Waals surface area contributed by atoms with Crippen molar-refractivity contribution in [3.05, 3.63) is 76.2 Å². The van der Waals surface area contributed by atoms with E-state index in [1.165, 1.54) is 4.68 Å². The van der Waals surface area contributed by atoms with E-state index in [1.807, 2.05) is 44.2 Å². The van der Waals surface area contributed by atoms with Gasteiger partial charge in [-0.15, -0.1) is 0 Å². The third-order valence-corrected chi connectivity index (χ3v) is 4.09. The molecule has 0 aliphatic rings. The fourth-order valence-electron chi connectivity index (χ4n) is 2.74. The second-order valence-electron chi connectivity index (χ2n) is 6.27. The lowest BCUT2D eigenvalue weighted by Crippen LogP contribution is -2.42. The topological polar surface area (TPSA) is 64.0 Å². The number of hydrogen-bond donors (Lipinski definition) is 1. The van der Waals surface area contributed by atoms with Crippen LogP contribution in [0.15, 0.2) is 59.4 Å². The Morgan fingerprint density at radius 1 is 1.00 bits per heavy atom. The van der Waals surface area contributed by atoms with E-state index >= 15 is 0 Å². The zero-order valence-corrected chi connectivity index (χ0v) is 13.9. The van der Waals surface area contributed by atoms with Crippen molar-refractivity contribution in [2.75, 3.05) is 0 Å². The molecule has 2 aromatic carbocycles. The molecular formula is C19H19N3O2. The highest BCUT2D eigenvalue weighted by molar-refractivity contribution is 6.05. The quantitative estimate of drug-likeness (QED) is 0.806. The summed E-state index contributed by atoms with van der Waals surface area (Å²) in [5.41, 5.74) is 0.462. The Hall–Kier alpha value is -2.95. The number of rotatable bonds is 3. The second kappa shape index (κ2) is 5.92. The summed E-state index contributed by atoms with van der Waals surface area (Å²) in [5, 5.41) is 8.22. The number of nitrogens with one attached hydrogen (secondary N) is 1. The molecule has 1 amide bonds. The van der Waals surface area contributed by atoms with Gasteiger partial charge < -0.3 is 5.32 Å². The molecule has 0 atom stereocenters. The molecule has 5 heteroatoms. The number of aromatic nitrogens is 2. The Labute approximate surface area is 139 Å². The highest BCUT2D eigenvalue weighted by Crippen LogP contribution is 2.21. The van der Waals surface area contributed by atoms with E-state index in [0.29, 0.717) is 10.8 Å². The summed E-state index contributed by atoms with van der Waals surface area (Å²) in [6.45, 7) is 3.87. The van der Waals surface area contributed by atoms with E-state index in [0.717, 1.165) is 5.56 Å². The number of fused-ring (bicyclic) bond motifs is 1. The number of carbonyl (C=O) groups is 1. The van der Waals surface area contributed by atoms with Crippen molar-refractivity contribution in [3.63, 3.8) is 0 Å².